The van der Waals surface area contributed by atoms with Crippen molar-refractivity contribution in [2.45, 2.75) is 4.90 Å². The Labute approximate surface area is 169 Å². The molecule has 1 heterocycles. The van der Waals surface area contributed by atoms with Crippen LogP contribution in [0.4, 0.5) is 16.2 Å². The molecule has 0 atom stereocenters. The molecule has 1 amide bonds. The third-order valence-electron chi connectivity index (χ3n) is 3.17. The van der Waals surface area contributed by atoms with E-state index >= 15 is 0 Å². The zero-order valence-corrected chi connectivity index (χ0v) is 16.7. The highest BCUT2D eigenvalue weighted by Gasteiger charge is 2.20. The molecule has 0 fully saturated rings. The van der Waals surface area contributed by atoms with E-state index in [1.807, 2.05) is 0 Å². The first-order valence-corrected chi connectivity index (χ1v) is 10.2. The monoisotopic (exact) mass is 447 g/mol. The molecule has 142 valence electrons. The van der Waals surface area contributed by atoms with Crippen LogP contribution in [-0.4, -0.2) is 26.8 Å². The fraction of sp³-hybridized carbons (Fsp3) is 0.0667. The molecule has 0 spiro atoms. The summed E-state index contributed by atoms with van der Waals surface area (Å²) in [7, 11) is -2.89. The number of ether oxygens (including phenoxy) is 1. The van der Waals surface area contributed by atoms with Crippen molar-refractivity contribution >= 4 is 67.9 Å². The predicted molar refractivity (Wildman–Crippen MR) is 105 cm³/mol. The Balaban J connectivity index is 1.83. The maximum Gasteiger partial charge on any atom is 0.412 e. The van der Waals surface area contributed by atoms with Crippen LogP contribution in [0.15, 0.2) is 46.3 Å². The van der Waals surface area contributed by atoms with E-state index in [-0.39, 0.29) is 25.9 Å². The first-order chi connectivity index (χ1) is 12.8. The van der Waals surface area contributed by atoms with Crippen LogP contribution in [0.2, 0.25) is 10.0 Å². The van der Waals surface area contributed by atoms with E-state index in [0.29, 0.717) is 11.4 Å². The second-order valence-electron chi connectivity index (χ2n) is 5.06. The average molecular weight is 448 g/mol. The summed E-state index contributed by atoms with van der Waals surface area (Å²) in [5.41, 5.74) is 0.989. The van der Waals surface area contributed by atoms with Crippen molar-refractivity contribution in [3.05, 3.63) is 46.4 Å². The number of carbonyl (C=O) groups excluding carboxylic acids is 1. The van der Waals surface area contributed by atoms with Crippen molar-refractivity contribution < 1.29 is 22.1 Å². The van der Waals surface area contributed by atoms with Gasteiger partial charge in [-0.3, -0.25) is 5.32 Å². The Morgan fingerprint density at radius 2 is 1.89 bits per heavy atom. The zero-order chi connectivity index (χ0) is 19.6. The summed E-state index contributed by atoms with van der Waals surface area (Å²) < 4.78 is 37.4. The van der Waals surface area contributed by atoms with Gasteiger partial charge in [-0.25, -0.2) is 9.79 Å². The fourth-order valence-corrected chi connectivity index (χ4v) is 4.32. The lowest BCUT2D eigenvalue weighted by atomic mass is 10.2. The number of nitrogens with zero attached hydrogens (tertiary/aromatic N) is 1. The van der Waals surface area contributed by atoms with Crippen LogP contribution in [0.25, 0.3) is 0 Å². The van der Waals surface area contributed by atoms with Gasteiger partial charge in [-0.2, -0.15) is 8.42 Å². The minimum atomic E-state index is -4.13. The quantitative estimate of drug-likeness (QED) is 0.536. The molecule has 0 bridgehead atoms. The first-order valence-electron chi connectivity index (χ1n) is 7.18. The van der Waals surface area contributed by atoms with Crippen molar-refractivity contribution in [2.24, 2.45) is 4.99 Å². The number of hydrogen-bond acceptors (Lipinski definition) is 8. The van der Waals surface area contributed by atoms with Crippen LogP contribution < -0.4 is 14.2 Å². The molecule has 1 aliphatic rings. The van der Waals surface area contributed by atoms with Gasteiger partial charge in [0, 0.05) is 28.1 Å². The van der Waals surface area contributed by atoms with Crippen molar-refractivity contribution in [3.8, 4) is 5.75 Å². The van der Waals surface area contributed by atoms with Crippen LogP contribution in [0.3, 0.4) is 0 Å². The SMILES string of the molecule is COC(=O)NC1=Nc2ccc(OS(=O)(=O)c3cc(Cl)cc(Cl)c3)cc2NS1. The predicted octanol–water partition coefficient (Wildman–Crippen LogP) is 4.18. The molecule has 2 N–H and O–H groups in total. The van der Waals surface area contributed by atoms with Crippen molar-refractivity contribution in [3.63, 3.8) is 0 Å². The van der Waals surface area contributed by atoms with Gasteiger partial charge < -0.3 is 13.6 Å². The smallest absolute Gasteiger partial charge is 0.412 e. The highest BCUT2D eigenvalue weighted by atomic mass is 35.5. The lowest BCUT2D eigenvalue weighted by molar-refractivity contribution is 0.177. The number of halogens is 2. The van der Waals surface area contributed by atoms with Gasteiger partial charge in [0.25, 0.3) is 0 Å². The molecule has 0 radical (unpaired) electrons. The molecule has 8 nitrogen and oxygen atoms in total. The van der Waals surface area contributed by atoms with Gasteiger partial charge >= 0.3 is 16.2 Å². The molecule has 27 heavy (non-hydrogen) atoms. The number of amidine groups is 1. The number of anilines is 1. The van der Waals surface area contributed by atoms with Gasteiger partial charge in [0.1, 0.15) is 10.6 Å². The second kappa shape index (κ2) is 7.85. The maximum atomic E-state index is 12.4. The minimum absolute atomic E-state index is 0.0672. The number of fused-ring (bicyclic) bond motifs is 1. The summed E-state index contributed by atoms with van der Waals surface area (Å²) in [6.07, 6.45) is -0.655. The van der Waals surface area contributed by atoms with E-state index < -0.39 is 16.2 Å². The Morgan fingerprint density at radius 1 is 1.19 bits per heavy atom. The average Bonchev–Trinajstić information content (AvgIpc) is 2.60. The molecule has 2 aromatic carbocycles. The summed E-state index contributed by atoms with van der Waals surface area (Å²) in [6.45, 7) is 0. The largest absolute Gasteiger partial charge is 0.453 e. The third kappa shape index (κ3) is 4.78. The van der Waals surface area contributed by atoms with Crippen LogP contribution in [0, 0.1) is 0 Å². The number of hydrogen-bond donors (Lipinski definition) is 2. The first kappa shape index (κ1) is 19.6. The minimum Gasteiger partial charge on any atom is -0.453 e. The van der Waals surface area contributed by atoms with Crippen LogP contribution in [0.5, 0.6) is 5.75 Å². The van der Waals surface area contributed by atoms with Crippen molar-refractivity contribution in [1.82, 2.24) is 5.32 Å². The number of alkyl carbamates (subject to hydrolysis) is 1. The molecule has 0 aliphatic carbocycles. The lowest BCUT2D eigenvalue weighted by Gasteiger charge is -2.17. The number of aliphatic imine (C=N–C) groups is 1. The van der Waals surface area contributed by atoms with Gasteiger partial charge in [0.15, 0.2) is 5.17 Å². The summed E-state index contributed by atoms with van der Waals surface area (Å²) in [5.74, 6) is 0.0672. The normalized spacial score (nSPS) is 13.1. The fourth-order valence-electron chi connectivity index (χ4n) is 2.02. The molecule has 0 saturated carbocycles. The molecule has 0 unspecified atom stereocenters. The molecular formula is C15H11Cl2N3O5S2. The number of carbonyl (C=O) groups is 1. The number of methoxy groups -OCH3 is 1. The van der Waals surface area contributed by atoms with Gasteiger partial charge in [-0.1, -0.05) is 23.2 Å². The Hall–Kier alpha value is -2.14. The number of benzene rings is 2. The molecule has 12 heteroatoms. The molecule has 1 aliphatic heterocycles. The van der Waals surface area contributed by atoms with Crippen molar-refractivity contribution in [2.75, 3.05) is 11.8 Å². The highest BCUT2D eigenvalue weighted by molar-refractivity contribution is 8.15. The van der Waals surface area contributed by atoms with E-state index in [1.54, 1.807) is 0 Å². The highest BCUT2D eigenvalue weighted by Crippen LogP contribution is 2.36. The summed E-state index contributed by atoms with van der Waals surface area (Å²) in [5, 5.41) is 3.06. The van der Waals surface area contributed by atoms with E-state index in [4.69, 9.17) is 27.4 Å². The van der Waals surface area contributed by atoms with E-state index in [9.17, 15) is 13.2 Å². The van der Waals surface area contributed by atoms with Crippen LogP contribution in [0.1, 0.15) is 0 Å². The molecule has 0 saturated heterocycles. The van der Waals surface area contributed by atoms with Gasteiger partial charge in [-0.15, -0.1) is 0 Å². The summed E-state index contributed by atoms with van der Waals surface area (Å²) in [4.78, 5) is 15.3. The standard InChI is InChI=1S/C15H11Cl2N3O5S2/c1-24-15(21)19-14-18-12-3-2-10(7-13(12)20-26-14)25-27(22,23)11-5-8(16)4-9(17)6-11/h2-7,20H,1H3,(H,18,19,21). The van der Waals surface area contributed by atoms with Crippen LogP contribution >= 0.6 is 35.1 Å². The molecule has 3 rings (SSSR count). The topological polar surface area (TPSA) is 106 Å². The Kier molecular flexibility index (Phi) is 5.70. The number of nitrogens with one attached hydrogen (secondary N) is 2. The summed E-state index contributed by atoms with van der Waals surface area (Å²) >= 11 is 12.7. The Bertz CT molecular complexity index is 1020. The van der Waals surface area contributed by atoms with E-state index in [2.05, 4.69) is 19.8 Å². The third-order valence-corrected chi connectivity index (χ3v) is 5.54. The molecule has 0 aromatic heterocycles. The van der Waals surface area contributed by atoms with E-state index in [0.717, 1.165) is 11.9 Å². The lowest BCUT2D eigenvalue weighted by Crippen LogP contribution is -2.29. The van der Waals surface area contributed by atoms with Gasteiger partial charge in [0.2, 0.25) is 0 Å². The molecular weight excluding hydrogens is 437 g/mol. The van der Waals surface area contributed by atoms with E-state index in [1.165, 1.54) is 43.5 Å². The molecule has 2 aromatic rings. The zero-order valence-electron chi connectivity index (χ0n) is 13.5. The maximum absolute atomic E-state index is 12.4. The van der Waals surface area contributed by atoms with Gasteiger partial charge in [0.05, 0.1) is 18.5 Å². The number of rotatable bonds is 3. The summed E-state index contributed by atoms with van der Waals surface area (Å²) in [6, 6.07) is 8.33. The Morgan fingerprint density at radius 3 is 2.56 bits per heavy atom. The van der Waals surface area contributed by atoms with Gasteiger partial charge in [-0.05, 0) is 30.3 Å². The second-order valence-corrected chi connectivity index (χ2v) is 8.27. The van der Waals surface area contributed by atoms with Crippen molar-refractivity contribution in [1.29, 1.82) is 0 Å². The van der Waals surface area contributed by atoms with Crippen LogP contribution in [-0.2, 0) is 14.9 Å². The number of amides is 1.